The van der Waals surface area contributed by atoms with Crippen molar-refractivity contribution in [1.82, 2.24) is 0 Å². The monoisotopic (exact) mass is 272 g/mol. The van der Waals surface area contributed by atoms with Gasteiger partial charge in [0.25, 0.3) is 0 Å². The molecule has 0 aliphatic carbocycles. The molecule has 0 aromatic heterocycles. The molecule has 96 valence electrons. The van der Waals surface area contributed by atoms with Crippen LogP contribution >= 0.6 is 24.4 Å². The summed E-state index contributed by atoms with van der Waals surface area (Å²) < 4.78 is 0.0268. The van der Waals surface area contributed by atoms with Gasteiger partial charge < -0.3 is 10.2 Å². The number of benzene rings is 1. The highest BCUT2D eigenvalue weighted by Gasteiger charge is 2.11. The van der Waals surface area contributed by atoms with E-state index < -0.39 is 0 Å². The average Bonchev–Trinajstić information content (AvgIpc) is 2.26. The van der Waals surface area contributed by atoms with Gasteiger partial charge in [0.15, 0.2) is 0 Å². The Morgan fingerprint density at radius 1 is 1.06 bits per heavy atom. The first-order valence-electron chi connectivity index (χ1n) is 5.58. The molecule has 0 saturated carbocycles. The molecule has 2 N–H and O–H groups in total. The maximum atomic E-state index is 9.14. The summed E-state index contributed by atoms with van der Waals surface area (Å²) in [7, 11) is 0. The fourth-order valence-corrected chi connectivity index (χ4v) is 2.80. The number of hydrogen-bond acceptors (Lipinski definition) is 4. The molecule has 1 aromatic carbocycles. The summed E-state index contributed by atoms with van der Waals surface area (Å²) in [5.41, 5.74) is 2.86. The second-order valence-electron chi connectivity index (χ2n) is 4.78. The van der Waals surface area contributed by atoms with E-state index in [-0.39, 0.29) is 18.0 Å². The van der Waals surface area contributed by atoms with E-state index in [4.69, 9.17) is 10.2 Å². The van der Waals surface area contributed by atoms with Crippen molar-refractivity contribution >= 4 is 24.4 Å². The second-order valence-corrected chi connectivity index (χ2v) is 6.98. The largest absolute Gasteiger partial charge is 0.392 e. The highest BCUT2D eigenvalue weighted by Crippen LogP contribution is 2.23. The van der Waals surface area contributed by atoms with Crippen LogP contribution < -0.4 is 0 Å². The minimum Gasteiger partial charge on any atom is -0.392 e. The molecule has 0 atom stereocenters. The molecule has 0 saturated heterocycles. The van der Waals surface area contributed by atoms with Crippen molar-refractivity contribution in [2.24, 2.45) is 0 Å². The van der Waals surface area contributed by atoms with Gasteiger partial charge in [-0.05, 0) is 16.7 Å². The second kappa shape index (κ2) is 6.69. The van der Waals surface area contributed by atoms with Crippen LogP contribution in [0, 0.1) is 0 Å². The minimum atomic E-state index is 0.0174. The Balaban J connectivity index is 2.64. The van der Waals surface area contributed by atoms with Crippen LogP contribution in [0.4, 0.5) is 0 Å². The van der Waals surface area contributed by atoms with Crippen molar-refractivity contribution in [1.29, 1.82) is 0 Å². The molecule has 0 fully saturated rings. The minimum absolute atomic E-state index is 0.0174. The molecule has 0 amide bonds. The fraction of sp³-hybridized carbons (Fsp3) is 0.538. The van der Waals surface area contributed by atoms with Gasteiger partial charge in [-0.15, -0.1) is 0 Å². The fourth-order valence-electron chi connectivity index (χ4n) is 1.52. The molecule has 0 radical (unpaired) electrons. The number of aliphatic hydroxyl groups excluding tert-OH is 2. The maximum absolute atomic E-state index is 9.14. The van der Waals surface area contributed by atoms with E-state index in [1.165, 1.54) is 0 Å². The molecule has 2 nitrogen and oxygen atoms in total. The number of thioether (sulfide) groups is 1. The normalized spacial score (nSPS) is 11.8. The van der Waals surface area contributed by atoms with Crippen molar-refractivity contribution in [2.45, 2.75) is 37.6 Å². The number of aliphatic hydroxyl groups is 2. The van der Waals surface area contributed by atoms with E-state index >= 15 is 0 Å². The van der Waals surface area contributed by atoms with E-state index in [1.54, 1.807) is 0 Å². The summed E-state index contributed by atoms with van der Waals surface area (Å²) in [5, 5.41) is 18.3. The number of rotatable bonds is 6. The smallest absolute Gasteiger partial charge is 0.0682 e. The van der Waals surface area contributed by atoms with Gasteiger partial charge in [-0.25, -0.2) is 0 Å². The van der Waals surface area contributed by atoms with Crippen LogP contribution in [0.1, 0.15) is 30.5 Å². The van der Waals surface area contributed by atoms with Crippen molar-refractivity contribution in [3.8, 4) is 0 Å². The first kappa shape index (κ1) is 14.9. The average molecular weight is 272 g/mol. The molecule has 0 aliphatic rings. The molecule has 0 heterocycles. The van der Waals surface area contributed by atoms with E-state index in [9.17, 15) is 0 Å². The summed E-state index contributed by atoms with van der Waals surface area (Å²) >= 11 is 6.29. The van der Waals surface area contributed by atoms with Crippen LogP contribution in [0.5, 0.6) is 0 Å². The quantitative estimate of drug-likeness (QED) is 0.697. The lowest BCUT2D eigenvalue weighted by Gasteiger charge is -2.16. The van der Waals surface area contributed by atoms with Crippen molar-refractivity contribution < 1.29 is 10.2 Å². The molecule has 17 heavy (non-hydrogen) atoms. The molecule has 0 spiro atoms. The molecule has 4 heteroatoms. The van der Waals surface area contributed by atoms with E-state index in [1.807, 2.05) is 30.0 Å². The van der Waals surface area contributed by atoms with Gasteiger partial charge in [-0.2, -0.15) is 24.4 Å². The molecular formula is C13H20O2S2. The first-order chi connectivity index (χ1) is 7.94. The van der Waals surface area contributed by atoms with Gasteiger partial charge >= 0.3 is 0 Å². The third-order valence-electron chi connectivity index (χ3n) is 2.20. The SMILES string of the molecule is CC(C)(S)CSCc1cc(CO)cc(CO)c1. The molecule has 0 unspecified atom stereocenters. The van der Waals surface area contributed by atoms with Gasteiger partial charge in [0.1, 0.15) is 0 Å². The molecule has 1 aromatic rings. The highest BCUT2D eigenvalue weighted by molar-refractivity contribution is 7.99. The standard InChI is InChI=1S/C13H20O2S2/c1-13(2,16)9-17-8-12-4-10(6-14)3-11(5-12)7-15/h3-5,14-16H,6-9H2,1-2H3. The molecular weight excluding hydrogens is 252 g/mol. The lowest BCUT2D eigenvalue weighted by Crippen LogP contribution is -2.13. The topological polar surface area (TPSA) is 40.5 Å². The Hall–Kier alpha value is -0.160. The Kier molecular flexibility index (Phi) is 5.86. The zero-order valence-electron chi connectivity index (χ0n) is 10.3. The zero-order chi connectivity index (χ0) is 12.9. The Bertz CT molecular complexity index is 337. The molecule has 1 rings (SSSR count). The van der Waals surface area contributed by atoms with Gasteiger partial charge in [0.05, 0.1) is 13.2 Å². The van der Waals surface area contributed by atoms with Crippen molar-refractivity contribution in [2.75, 3.05) is 5.75 Å². The summed E-state index contributed by atoms with van der Waals surface area (Å²) in [6, 6.07) is 5.80. The maximum Gasteiger partial charge on any atom is 0.0682 e. The van der Waals surface area contributed by atoms with Gasteiger partial charge in [0, 0.05) is 16.3 Å². The van der Waals surface area contributed by atoms with Crippen LogP contribution in [0.25, 0.3) is 0 Å². The van der Waals surface area contributed by atoms with Crippen LogP contribution in [0.15, 0.2) is 18.2 Å². The molecule has 0 aliphatic heterocycles. The van der Waals surface area contributed by atoms with Gasteiger partial charge in [-0.1, -0.05) is 32.0 Å². The zero-order valence-corrected chi connectivity index (χ0v) is 12.0. The van der Waals surface area contributed by atoms with Crippen LogP contribution in [0.3, 0.4) is 0 Å². The van der Waals surface area contributed by atoms with E-state index in [2.05, 4.69) is 26.5 Å². The highest BCUT2D eigenvalue weighted by atomic mass is 32.2. The Morgan fingerprint density at radius 3 is 1.94 bits per heavy atom. The van der Waals surface area contributed by atoms with E-state index in [0.29, 0.717) is 0 Å². The summed E-state index contributed by atoms with van der Waals surface area (Å²) in [5.74, 6) is 1.85. The summed E-state index contributed by atoms with van der Waals surface area (Å²) in [4.78, 5) is 0. The van der Waals surface area contributed by atoms with Crippen LogP contribution in [0.2, 0.25) is 0 Å². The van der Waals surface area contributed by atoms with Crippen molar-refractivity contribution in [3.05, 3.63) is 34.9 Å². The molecule has 0 bridgehead atoms. The lowest BCUT2D eigenvalue weighted by atomic mass is 10.1. The summed E-state index contributed by atoms with van der Waals surface area (Å²) in [6.45, 7) is 4.21. The van der Waals surface area contributed by atoms with Crippen LogP contribution in [-0.4, -0.2) is 20.7 Å². The predicted molar refractivity (Wildman–Crippen MR) is 77.5 cm³/mol. The number of hydrogen-bond donors (Lipinski definition) is 3. The number of thiol groups is 1. The van der Waals surface area contributed by atoms with Crippen molar-refractivity contribution in [3.63, 3.8) is 0 Å². The Labute approximate surface area is 113 Å². The predicted octanol–water partition coefficient (Wildman–Crippen LogP) is 2.61. The van der Waals surface area contributed by atoms with Gasteiger partial charge in [-0.3, -0.25) is 0 Å². The van der Waals surface area contributed by atoms with E-state index in [0.717, 1.165) is 28.2 Å². The lowest BCUT2D eigenvalue weighted by molar-refractivity contribution is 0.275. The third-order valence-corrected chi connectivity index (χ3v) is 4.04. The van der Waals surface area contributed by atoms with Gasteiger partial charge in [0.2, 0.25) is 0 Å². The Morgan fingerprint density at radius 2 is 1.53 bits per heavy atom. The first-order valence-corrected chi connectivity index (χ1v) is 7.18. The van der Waals surface area contributed by atoms with Crippen LogP contribution in [-0.2, 0) is 19.0 Å². The summed E-state index contributed by atoms with van der Waals surface area (Å²) in [6.07, 6.45) is 0. The third kappa shape index (κ3) is 5.82.